The van der Waals surface area contributed by atoms with E-state index >= 15 is 0 Å². The van der Waals surface area contributed by atoms with E-state index in [0.29, 0.717) is 19.4 Å². The molecule has 7 nitrogen and oxygen atoms in total. The summed E-state index contributed by atoms with van der Waals surface area (Å²) < 4.78 is 27.1. The molecule has 0 fully saturated rings. The van der Waals surface area contributed by atoms with Crippen LogP contribution in [0.25, 0.3) is 0 Å². The van der Waals surface area contributed by atoms with Gasteiger partial charge < -0.3 is 9.73 Å². The van der Waals surface area contributed by atoms with Crippen LogP contribution in [0, 0.1) is 0 Å². The van der Waals surface area contributed by atoms with Crippen LogP contribution < -0.4 is 5.32 Å². The average molecular weight is 296 g/mol. The Bertz CT molecular complexity index is 500. The van der Waals surface area contributed by atoms with Crippen molar-refractivity contribution in [3.8, 4) is 0 Å². The maximum atomic E-state index is 11.1. The van der Waals surface area contributed by atoms with Gasteiger partial charge >= 0.3 is 5.22 Å². The lowest BCUT2D eigenvalue weighted by Crippen LogP contribution is -2.24. The molecule has 0 saturated heterocycles. The Morgan fingerprint density at radius 3 is 2.72 bits per heavy atom. The van der Waals surface area contributed by atoms with Gasteiger partial charge in [0.05, 0.1) is 0 Å². The molecule has 18 heavy (non-hydrogen) atoms. The van der Waals surface area contributed by atoms with Gasteiger partial charge in [0.2, 0.25) is 21.6 Å². The zero-order valence-electron chi connectivity index (χ0n) is 9.85. The maximum Gasteiger partial charge on any atom is 0.335 e. The highest BCUT2D eigenvalue weighted by Gasteiger charge is 2.16. The van der Waals surface area contributed by atoms with Crippen LogP contribution >= 0.6 is 11.6 Å². The molecule has 1 aromatic heterocycles. The monoisotopic (exact) mass is 295 g/mol. The zero-order chi connectivity index (χ0) is 13.6. The first kappa shape index (κ1) is 14.9. The number of nitrogens with one attached hydrogen (secondary N) is 1. The van der Waals surface area contributed by atoms with Gasteiger partial charge in [-0.15, -0.1) is 16.7 Å². The molecule has 1 aromatic rings. The van der Waals surface area contributed by atoms with Gasteiger partial charge in [0.25, 0.3) is 0 Å². The van der Waals surface area contributed by atoms with Crippen LogP contribution in [0.1, 0.15) is 18.7 Å². The minimum absolute atomic E-state index is 0.118. The van der Waals surface area contributed by atoms with Crippen LogP contribution in [0.3, 0.4) is 0 Å². The summed E-state index contributed by atoms with van der Waals surface area (Å²) in [5.74, 6) is 0.405. The van der Waals surface area contributed by atoms with E-state index < -0.39 is 9.84 Å². The van der Waals surface area contributed by atoms with Crippen molar-refractivity contribution in [2.45, 2.75) is 24.5 Å². The van der Waals surface area contributed by atoms with Crippen molar-refractivity contribution in [1.82, 2.24) is 15.5 Å². The van der Waals surface area contributed by atoms with Crippen LogP contribution in [0.5, 0.6) is 0 Å². The van der Waals surface area contributed by atoms with E-state index in [2.05, 4.69) is 15.5 Å². The lowest BCUT2D eigenvalue weighted by atomic mass is 10.3. The fraction of sp³-hybridized carbons (Fsp3) is 0.667. The van der Waals surface area contributed by atoms with Gasteiger partial charge in [-0.05, 0) is 6.42 Å². The number of amides is 1. The first-order valence-electron chi connectivity index (χ1n) is 5.28. The lowest BCUT2D eigenvalue weighted by Gasteiger charge is -2.01. The molecule has 0 aliphatic carbocycles. The van der Waals surface area contributed by atoms with E-state index in [1.54, 1.807) is 0 Å². The fourth-order valence-corrected chi connectivity index (χ4v) is 1.74. The quantitative estimate of drug-likeness (QED) is 0.567. The van der Waals surface area contributed by atoms with E-state index in [-0.39, 0.29) is 29.3 Å². The van der Waals surface area contributed by atoms with Crippen LogP contribution in [0.2, 0.25) is 0 Å². The molecule has 1 heterocycles. The number of nitrogens with zero attached hydrogens (tertiary/aromatic N) is 2. The lowest BCUT2D eigenvalue weighted by molar-refractivity contribution is -0.120. The van der Waals surface area contributed by atoms with E-state index in [0.717, 1.165) is 6.26 Å². The second kappa shape index (κ2) is 6.69. The van der Waals surface area contributed by atoms with Gasteiger partial charge in [0.1, 0.15) is 0 Å². The standard InChI is InChI=1S/C9H14ClN3O4S/c1-18(15,16)9-13-12-8(17-9)3-2-6-11-7(14)4-5-10/h2-6H2,1H3,(H,11,14). The highest BCUT2D eigenvalue weighted by Crippen LogP contribution is 2.07. The molecule has 0 bridgehead atoms. The van der Waals surface area contributed by atoms with E-state index in [1.807, 2.05) is 0 Å². The summed E-state index contributed by atoms with van der Waals surface area (Å²) in [6.07, 6.45) is 2.26. The molecule has 0 spiro atoms. The second-order valence-corrected chi connectivity index (χ2v) is 5.90. The molecular formula is C9H14ClN3O4S. The Hall–Kier alpha value is -1.15. The van der Waals surface area contributed by atoms with Gasteiger partial charge in [0, 0.05) is 31.5 Å². The van der Waals surface area contributed by atoms with Gasteiger partial charge in [0.15, 0.2) is 0 Å². The molecular weight excluding hydrogens is 282 g/mol. The Labute approximate surface area is 110 Å². The summed E-state index contributed by atoms with van der Waals surface area (Å²) >= 11 is 5.40. The van der Waals surface area contributed by atoms with Crippen molar-refractivity contribution >= 4 is 27.3 Å². The van der Waals surface area contributed by atoms with Crippen molar-refractivity contribution in [3.05, 3.63) is 5.89 Å². The predicted molar refractivity (Wildman–Crippen MR) is 64.1 cm³/mol. The van der Waals surface area contributed by atoms with Crippen LogP contribution in [0.15, 0.2) is 9.64 Å². The summed E-state index contributed by atoms with van der Waals surface area (Å²) in [5, 5.41) is 9.30. The number of aryl methyl sites for hydroxylation is 1. The molecule has 0 aliphatic heterocycles. The first-order chi connectivity index (χ1) is 8.43. The molecule has 0 atom stereocenters. The Morgan fingerprint density at radius 2 is 2.17 bits per heavy atom. The molecule has 0 radical (unpaired) electrons. The number of aromatic nitrogens is 2. The molecule has 0 aromatic carbocycles. The van der Waals surface area contributed by atoms with Crippen LogP contribution in [-0.4, -0.2) is 43.2 Å². The molecule has 102 valence electrons. The number of alkyl halides is 1. The van der Waals surface area contributed by atoms with Gasteiger partial charge in [-0.25, -0.2) is 8.42 Å². The number of hydrogen-bond donors (Lipinski definition) is 1. The van der Waals surface area contributed by atoms with Crippen molar-refractivity contribution in [1.29, 1.82) is 0 Å². The Morgan fingerprint density at radius 1 is 1.44 bits per heavy atom. The minimum Gasteiger partial charge on any atom is -0.413 e. The van der Waals surface area contributed by atoms with Crippen molar-refractivity contribution in [2.24, 2.45) is 0 Å². The molecule has 0 aliphatic rings. The molecule has 1 rings (SSSR count). The van der Waals surface area contributed by atoms with Crippen molar-refractivity contribution < 1.29 is 17.6 Å². The number of sulfone groups is 1. The number of halogens is 1. The Balaban J connectivity index is 2.32. The predicted octanol–water partition coefficient (Wildman–Crippen LogP) is 0.151. The minimum atomic E-state index is -3.46. The smallest absolute Gasteiger partial charge is 0.335 e. The van der Waals surface area contributed by atoms with E-state index in [1.165, 1.54) is 0 Å². The number of carbonyl (C=O) groups excluding carboxylic acids is 1. The molecule has 1 N–H and O–H groups in total. The summed E-state index contributed by atoms with van der Waals surface area (Å²) in [4.78, 5) is 11.1. The number of rotatable bonds is 7. The fourth-order valence-electron chi connectivity index (χ4n) is 1.13. The summed E-state index contributed by atoms with van der Waals surface area (Å²) in [6, 6.07) is 0. The van der Waals surface area contributed by atoms with Crippen molar-refractivity contribution in [3.63, 3.8) is 0 Å². The van der Waals surface area contributed by atoms with Gasteiger partial charge in [-0.3, -0.25) is 4.79 Å². The summed E-state index contributed by atoms with van der Waals surface area (Å²) in [5.41, 5.74) is 0. The summed E-state index contributed by atoms with van der Waals surface area (Å²) in [6.45, 7) is 0.451. The highest BCUT2D eigenvalue weighted by molar-refractivity contribution is 7.90. The Kier molecular flexibility index (Phi) is 5.54. The summed E-state index contributed by atoms with van der Waals surface area (Å²) in [7, 11) is -3.46. The molecule has 0 unspecified atom stereocenters. The van der Waals surface area contributed by atoms with Crippen LogP contribution in [-0.2, 0) is 21.1 Å². The SMILES string of the molecule is CS(=O)(=O)c1nnc(CCCNC(=O)CCCl)o1. The van der Waals surface area contributed by atoms with E-state index in [4.69, 9.17) is 16.0 Å². The third kappa shape index (κ3) is 5.01. The topological polar surface area (TPSA) is 102 Å². The van der Waals surface area contributed by atoms with Gasteiger partial charge in [-0.1, -0.05) is 5.10 Å². The van der Waals surface area contributed by atoms with Crippen molar-refractivity contribution in [2.75, 3.05) is 18.7 Å². The zero-order valence-corrected chi connectivity index (χ0v) is 11.4. The van der Waals surface area contributed by atoms with Crippen LogP contribution in [0.4, 0.5) is 0 Å². The third-order valence-electron chi connectivity index (χ3n) is 1.98. The largest absolute Gasteiger partial charge is 0.413 e. The number of carbonyl (C=O) groups is 1. The average Bonchev–Trinajstić information content (AvgIpc) is 2.73. The third-order valence-corrected chi connectivity index (χ3v) is 2.97. The number of hydrogen-bond acceptors (Lipinski definition) is 6. The van der Waals surface area contributed by atoms with E-state index in [9.17, 15) is 13.2 Å². The highest BCUT2D eigenvalue weighted by atomic mass is 35.5. The van der Waals surface area contributed by atoms with Gasteiger partial charge in [-0.2, -0.15) is 0 Å². The normalized spacial score (nSPS) is 11.4. The maximum absolute atomic E-state index is 11.1. The first-order valence-corrected chi connectivity index (χ1v) is 7.71. The second-order valence-electron chi connectivity index (χ2n) is 3.63. The molecule has 1 amide bonds. The molecule has 0 saturated carbocycles. The molecule has 9 heteroatoms.